The van der Waals surface area contributed by atoms with E-state index in [1.807, 2.05) is 13.2 Å². The Kier molecular flexibility index (Phi) is 6.80. The Balaban J connectivity index is 3.03. The maximum absolute atomic E-state index is 12.2. The maximum Gasteiger partial charge on any atom is 0.337 e. The molecule has 0 spiro atoms. The first kappa shape index (κ1) is 18.6. The van der Waals surface area contributed by atoms with Gasteiger partial charge in [0.25, 0.3) is 0 Å². The highest BCUT2D eigenvalue weighted by atomic mass is 35.5. The van der Waals surface area contributed by atoms with Crippen LogP contribution in [-0.4, -0.2) is 37.5 Å². The number of aromatic carboxylic acids is 1. The Hall–Kier alpha value is -0.470. The molecule has 0 fully saturated rings. The van der Waals surface area contributed by atoms with Crippen molar-refractivity contribution in [2.24, 2.45) is 0 Å². The fourth-order valence-electron chi connectivity index (χ4n) is 1.49. The summed E-state index contributed by atoms with van der Waals surface area (Å²) in [4.78, 5) is 10.7. The number of rotatable bonds is 7. The molecule has 0 heterocycles. The minimum atomic E-state index is -3.88. The largest absolute Gasteiger partial charge is 0.478 e. The highest BCUT2D eigenvalue weighted by Gasteiger charge is 2.22. The normalized spacial score (nSPS) is 13.1. The smallest absolute Gasteiger partial charge is 0.337 e. The van der Waals surface area contributed by atoms with E-state index in [-0.39, 0.29) is 27.0 Å². The highest BCUT2D eigenvalue weighted by molar-refractivity contribution is 7.99. The maximum atomic E-state index is 12.2. The fraction of sp³-hybridized carbons (Fsp3) is 0.417. The Morgan fingerprint density at radius 3 is 2.52 bits per heavy atom. The van der Waals surface area contributed by atoms with E-state index in [0.717, 1.165) is 12.1 Å². The van der Waals surface area contributed by atoms with E-state index in [0.29, 0.717) is 11.7 Å². The lowest BCUT2D eigenvalue weighted by Gasteiger charge is -2.12. The van der Waals surface area contributed by atoms with Crippen molar-refractivity contribution in [1.29, 1.82) is 0 Å². The molecule has 118 valence electrons. The molecule has 2 N–H and O–H groups in total. The average molecular weight is 372 g/mol. The van der Waals surface area contributed by atoms with Gasteiger partial charge in [0.05, 0.1) is 15.6 Å². The van der Waals surface area contributed by atoms with Gasteiger partial charge in [0.15, 0.2) is 0 Å². The number of nitrogens with one attached hydrogen (secondary N) is 1. The lowest BCUT2D eigenvalue weighted by molar-refractivity contribution is 0.0697. The van der Waals surface area contributed by atoms with E-state index in [4.69, 9.17) is 28.3 Å². The van der Waals surface area contributed by atoms with Gasteiger partial charge in [0.1, 0.15) is 4.90 Å². The van der Waals surface area contributed by atoms with E-state index >= 15 is 0 Å². The molecule has 0 aromatic heterocycles. The highest BCUT2D eigenvalue weighted by Crippen LogP contribution is 2.28. The first-order valence-corrected chi connectivity index (χ1v) is 9.46. The molecule has 0 amide bonds. The van der Waals surface area contributed by atoms with Crippen molar-refractivity contribution in [3.63, 3.8) is 0 Å². The van der Waals surface area contributed by atoms with Crippen LogP contribution in [0.15, 0.2) is 17.0 Å². The van der Waals surface area contributed by atoms with Gasteiger partial charge in [-0.05, 0) is 24.8 Å². The summed E-state index contributed by atoms with van der Waals surface area (Å²) in [5, 5.41) is 9.07. The summed E-state index contributed by atoms with van der Waals surface area (Å²) < 4.78 is 26.7. The van der Waals surface area contributed by atoms with Crippen molar-refractivity contribution in [1.82, 2.24) is 4.72 Å². The molecule has 21 heavy (non-hydrogen) atoms. The topological polar surface area (TPSA) is 83.5 Å². The molecule has 1 rings (SSSR count). The first-order valence-electron chi connectivity index (χ1n) is 5.94. The fourth-order valence-corrected chi connectivity index (χ4v) is 3.74. The number of benzene rings is 1. The Morgan fingerprint density at radius 2 is 2.00 bits per heavy atom. The number of carboxylic acid groups (broad SMARTS) is 1. The van der Waals surface area contributed by atoms with Crippen LogP contribution in [0.4, 0.5) is 0 Å². The van der Waals surface area contributed by atoms with E-state index in [1.165, 1.54) is 0 Å². The van der Waals surface area contributed by atoms with Gasteiger partial charge >= 0.3 is 5.97 Å². The zero-order valence-corrected chi connectivity index (χ0v) is 14.5. The van der Waals surface area contributed by atoms with Gasteiger partial charge in [-0.1, -0.05) is 30.1 Å². The predicted octanol–water partition coefficient (Wildman–Crippen LogP) is 3.11. The van der Waals surface area contributed by atoms with Crippen molar-refractivity contribution >= 4 is 51.0 Å². The van der Waals surface area contributed by atoms with Crippen molar-refractivity contribution in [3.8, 4) is 0 Å². The molecule has 0 saturated carbocycles. The minimum Gasteiger partial charge on any atom is -0.478 e. The molecular formula is C12H15Cl2NO4S2. The molecule has 1 aromatic rings. The second kappa shape index (κ2) is 7.69. The van der Waals surface area contributed by atoms with E-state index < -0.39 is 16.0 Å². The van der Waals surface area contributed by atoms with Crippen LogP contribution in [-0.2, 0) is 10.0 Å². The third-order valence-electron chi connectivity index (χ3n) is 2.79. The summed E-state index contributed by atoms with van der Waals surface area (Å²) in [7, 11) is -3.88. The lowest BCUT2D eigenvalue weighted by atomic mass is 10.2. The third-order valence-corrected chi connectivity index (χ3v) is 6.07. The van der Waals surface area contributed by atoms with Crippen LogP contribution < -0.4 is 4.72 Å². The summed E-state index contributed by atoms with van der Waals surface area (Å²) in [6.07, 6.45) is 2.59. The first-order chi connectivity index (χ1) is 9.69. The Bertz CT molecular complexity index is 634. The van der Waals surface area contributed by atoms with Crippen molar-refractivity contribution in [2.45, 2.75) is 23.5 Å². The molecule has 0 saturated heterocycles. The van der Waals surface area contributed by atoms with E-state index in [9.17, 15) is 13.2 Å². The van der Waals surface area contributed by atoms with E-state index in [1.54, 1.807) is 11.8 Å². The number of hydrogen-bond donors (Lipinski definition) is 2. The van der Waals surface area contributed by atoms with Gasteiger partial charge < -0.3 is 5.11 Å². The van der Waals surface area contributed by atoms with Gasteiger partial charge in [-0.3, -0.25) is 0 Å². The molecule has 1 unspecified atom stereocenters. The quantitative estimate of drug-likeness (QED) is 0.769. The molecule has 5 nitrogen and oxygen atoms in total. The number of halogens is 2. The molecule has 0 aliphatic carbocycles. The standard InChI is InChI=1S/C12H15Cl2NO4S2/c1-7(20-2)3-4-15-21(18,19)11-5-8(12(16)17)9(13)6-10(11)14/h5-7,15H,3-4H2,1-2H3,(H,16,17). The van der Waals surface area contributed by atoms with Gasteiger partial charge in [-0.25, -0.2) is 17.9 Å². The van der Waals surface area contributed by atoms with Crippen LogP contribution in [0.1, 0.15) is 23.7 Å². The Morgan fingerprint density at radius 1 is 1.38 bits per heavy atom. The van der Waals surface area contributed by atoms with Crippen molar-refractivity contribution in [3.05, 3.63) is 27.7 Å². The second-order valence-corrected chi connectivity index (χ2v) is 8.13. The average Bonchev–Trinajstić information content (AvgIpc) is 2.37. The van der Waals surface area contributed by atoms with Gasteiger partial charge in [0.2, 0.25) is 10.0 Å². The minimum absolute atomic E-state index is 0.109. The van der Waals surface area contributed by atoms with Crippen molar-refractivity contribution in [2.75, 3.05) is 12.8 Å². The predicted molar refractivity (Wildman–Crippen MR) is 86.2 cm³/mol. The molecule has 0 radical (unpaired) electrons. The molecule has 1 aromatic carbocycles. The van der Waals surface area contributed by atoms with Gasteiger partial charge in [-0.2, -0.15) is 11.8 Å². The molecule has 0 aliphatic heterocycles. The van der Waals surface area contributed by atoms with Gasteiger partial charge in [0, 0.05) is 11.8 Å². The molecular weight excluding hydrogens is 357 g/mol. The number of sulfonamides is 1. The number of carboxylic acids is 1. The third kappa shape index (κ3) is 5.03. The zero-order chi connectivity index (χ0) is 16.2. The van der Waals surface area contributed by atoms with E-state index in [2.05, 4.69) is 4.72 Å². The van der Waals surface area contributed by atoms with Crippen molar-refractivity contribution < 1.29 is 18.3 Å². The van der Waals surface area contributed by atoms with Crippen LogP contribution in [0.3, 0.4) is 0 Å². The summed E-state index contributed by atoms with van der Waals surface area (Å²) >= 11 is 13.2. The molecule has 0 aliphatic rings. The molecule has 1 atom stereocenters. The molecule has 0 bridgehead atoms. The van der Waals surface area contributed by atoms with Gasteiger partial charge in [-0.15, -0.1) is 0 Å². The number of carbonyl (C=O) groups is 1. The summed E-state index contributed by atoms with van der Waals surface area (Å²) in [6, 6.07) is 2.08. The van der Waals surface area contributed by atoms with Crippen LogP contribution in [0.5, 0.6) is 0 Å². The Labute approximate surface area is 138 Å². The van der Waals surface area contributed by atoms with Crippen LogP contribution in [0.25, 0.3) is 0 Å². The molecule has 9 heteroatoms. The monoisotopic (exact) mass is 371 g/mol. The summed E-state index contributed by atoms with van der Waals surface area (Å²) in [5.74, 6) is -1.32. The van der Waals surface area contributed by atoms with Crippen LogP contribution >= 0.6 is 35.0 Å². The zero-order valence-electron chi connectivity index (χ0n) is 11.4. The SMILES string of the molecule is CSC(C)CCNS(=O)(=O)c1cc(C(=O)O)c(Cl)cc1Cl. The lowest BCUT2D eigenvalue weighted by Crippen LogP contribution is -2.26. The summed E-state index contributed by atoms with van der Waals surface area (Å²) in [6.45, 7) is 2.22. The van der Waals surface area contributed by atoms with Crippen LogP contribution in [0, 0.1) is 0 Å². The second-order valence-electron chi connectivity index (χ2n) is 4.30. The van der Waals surface area contributed by atoms with Crippen LogP contribution in [0.2, 0.25) is 10.0 Å². The number of thioether (sulfide) groups is 1. The number of hydrogen-bond acceptors (Lipinski definition) is 4. The summed E-state index contributed by atoms with van der Waals surface area (Å²) in [5.41, 5.74) is -0.307.